The van der Waals surface area contributed by atoms with Crippen molar-refractivity contribution in [2.24, 2.45) is 0 Å². The summed E-state index contributed by atoms with van der Waals surface area (Å²) in [5, 5.41) is 16.5. The number of rotatable bonds is 6. The SMILES string of the molecule is CC.OCCCCCCNO.[HH]. The van der Waals surface area contributed by atoms with Gasteiger partial charge in [-0.1, -0.05) is 26.7 Å². The summed E-state index contributed by atoms with van der Waals surface area (Å²) in [5.41, 5.74) is 2.08. The van der Waals surface area contributed by atoms with E-state index in [4.69, 9.17) is 10.3 Å². The molecule has 72 valence electrons. The average molecular weight is 165 g/mol. The lowest BCUT2D eigenvalue weighted by atomic mass is 10.2. The topological polar surface area (TPSA) is 52.5 Å². The number of aliphatic hydroxyl groups excluding tert-OH is 1. The Hall–Kier alpha value is -0.120. The quantitative estimate of drug-likeness (QED) is 0.415. The molecule has 0 amide bonds. The van der Waals surface area contributed by atoms with Crippen LogP contribution in [0.1, 0.15) is 41.0 Å². The monoisotopic (exact) mass is 165 g/mol. The number of hydrogen-bond acceptors (Lipinski definition) is 3. The smallest absolute Gasteiger partial charge is 0.0431 e. The van der Waals surface area contributed by atoms with E-state index in [1.165, 1.54) is 0 Å². The van der Waals surface area contributed by atoms with Gasteiger partial charge in [0.2, 0.25) is 0 Å². The maximum absolute atomic E-state index is 8.36. The lowest BCUT2D eigenvalue weighted by Crippen LogP contribution is -2.08. The molecule has 0 atom stereocenters. The molecule has 3 heteroatoms. The zero-order chi connectivity index (χ0) is 8.95. The van der Waals surface area contributed by atoms with E-state index in [-0.39, 0.29) is 8.03 Å². The van der Waals surface area contributed by atoms with Crippen molar-refractivity contribution in [2.45, 2.75) is 39.5 Å². The molecule has 0 saturated heterocycles. The Balaban J connectivity index is -0.000000249. The lowest BCUT2D eigenvalue weighted by molar-refractivity contribution is 0.164. The molecule has 0 rings (SSSR count). The Bertz CT molecular complexity index is 50.3. The van der Waals surface area contributed by atoms with Gasteiger partial charge in [-0.3, -0.25) is 0 Å². The van der Waals surface area contributed by atoms with Crippen molar-refractivity contribution in [3.05, 3.63) is 0 Å². The van der Waals surface area contributed by atoms with Crippen molar-refractivity contribution in [3.63, 3.8) is 0 Å². The highest BCUT2D eigenvalue weighted by atomic mass is 16.5. The molecule has 0 bridgehead atoms. The van der Waals surface area contributed by atoms with Crippen molar-refractivity contribution in [1.82, 2.24) is 5.48 Å². The van der Waals surface area contributed by atoms with Gasteiger partial charge in [0.05, 0.1) is 0 Å². The molecule has 0 aromatic heterocycles. The molecule has 0 spiro atoms. The number of nitrogens with one attached hydrogen (secondary N) is 1. The first-order valence-electron chi connectivity index (χ1n) is 4.39. The van der Waals surface area contributed by atoms with Crippen LogP contribution in [0.15, 0.2) is 0 Å². The van der Waals surface area contributed by atoms with Crippen LogP contribution in [0.25, 0.3) is 0 Å². The van der Waals surface area contributed by atoms with E-state index in [1.54, 1.807) is 0 Å². The van der Waals surface area contributed by atoms with Crippen LogP contribution in [0.4, 0.5) is 0 Å². The summed E-state index contributed by atoms with van der Waals surface area (Å²) < 4.78 is 0. The Morgan fingerprint density at radius 2 is 1.64 bits per heavy atom. The number of hydrogen-bond donors (Lipinski definition) is 3. The van der Waals surface area contributed by atoms with E-state index < -0.39 is 0 Å². The number of unbranched alkanes of at least 4 members (excludes halogenated alkanes) is 3. The largest absolute Gasteiger partial charge is 0.396 e. The maximum Gasteiger partial charge on any atom is 0.0431 e. The van der Waals surface area contributed by atoms with Crippen LogP contribution in [-0.4, -0.2) is 23.5 Å². The normalized spacial score (nSPS) is 8.73. The minimum absolute atomic E-state index is 0. The molecule has 0 unspecified atom stereocenters. The molecule has 0 aromatic carbocycles. The van der Waals surface area contributed by atoms with Crippen molar-refractivity contribution in [1.29, 1.82) is 0 Å². The Morgan fingerprint density at radius 3 is 2.09 bits per heavy atom. The van der Waals surface area contributed by atoms with Crippen LogP contribution >= 0.6 is 0 Å². The fourth-order valence-electron chi connectivity index (χ4n) is 0.669. The van der Waals surface area contributed by atoms with Gasteiger partial charge in [0, 0.05) is 14.6 Å². The second-order valence-electron chi connectivity index (χ2n) is 2.05. The summed E-state index contributed by atoms with van der Waals surface area (Å²) in [6.45, 7) is 4.94. The van der Waals surface area contributed by atoms with Crippen molar-refractivity contribution in [3.8, 4) is 0 Å². The highest BCUT2D eigenvalue weighted by Crippen LogP contribution is 1.96. The van der Waals surface area contributed by atoms with Gasteiger partial charge in [0.25, 0.3) is 0 Å². The molecule has 11 heavy (non-hydrogen) atoms. The standard InChI is InChI=1S/C6H15NO2.C2H6.H2/c8-6-4-2-1-3-5-7-9;1-2;/h7-9H,1-6H2;1-2H3;1H. The number of hydroxylamine groups is 1. The molecule has 0 aromatic rings. The zero-order valence-corrected chi connectivity index (χ0v) is 7.64. The molecule has 0 radical (unpaired) electrons. The third-order valence-corrected chi connectivity index (χ3v) is 1.20. The summed E-state index contributed by atoms with van der Waals surface area (Å²) in [6.07, 6.45) is 3.99. The molecular weight excluding hydrogens is 142 g/mol. The van der Waals surface area contributed by atoms with Crippen LogP contribution in [-0.2, 0) is 0 Å². The molecule has 0 aliphatic heterocycles. The molecule has 3 N–H and O–H groups in total. The van der Waals surface area contributed by atoms with Gasteiger partial charge in [0.15, 0.2) is 0 Å². The van der Waals surface area contributed by atoms with Crippen LogP contribution in [0, 0.1) is 0 Å². The maximum atomic E-state index is 8.36. The van der Waals surface area contributed by atoms with Crippen LogP contribution in [0.5, 0.6) is 0 Å². The fourth-order valence-corrected chi connectivity index (χ4v) is 0.669. The van der Waals surface area contributed by atoms with Crippen molar-refractivity contribution < 1.29 is 11.7 Å². The first-order chi connectivity index (χ1) is 5.41. The molecule has 0 fully saturated rings. The van der Waals surface area contributed by atoms with Gasteiger partial charge in [-0.25, -0.2) is 5.48 Å². The summed E-state index contributed by atoms with van der Waals surface area (Å²) in [5.74, 6) is 0. The summed E-state index contributed by atoms with van der Waals surface area (Å²) in [6, 6.07) is 0. The second kappa shape index (κ2) is 16.5. The van der Waals surface area contributed by atoms with Crippen LogP contribution in [0.2, 0.25) is 0 Å². The Labute approximate surface area is 70.9 Å². The van der Waals surface area contributed by atoms with Gasteiger partial charge in [-0.05, 0) is 12.8 Å². The summed E-state index contributed by atoms with van der Waals surface area (Å²) in [4.78, 5) is 0. The van der Waals surface area contributed by atoms with Crippen molar-refractivity contribution in [2.75, 3.05) is 13.2 Å². The third kappa shape index (κ3) is 17.7. The first kappa shape index (κ1) is 13.5. The minimum atomic E-state index is 0. The zero-order valence-electron chi connectivity index (χ0n) is 7.64. The summed E-state index contributed by atoms with van der Waals surface area (Å²) in [7, 11) is 0. The number of aliphatic hydroxyl groups is 1. The van der Waals surface area contributed by atoms with Gasteiger partial charge >= 0.3 is 0 Å². The highest BCUT2D eigenvalue weighted by Gasteiger charge is 1.86. The van der Waals surface area contributed by atoms with Crippen LogP contribution in [0.3, 0.4) is 0 Å². The molecule has 0 aliphatic rings. The Morgan fingerprint density at radius 1 is 1.09 bits per heavy atom. The second-order valence-corrected chi connectivity index (χ2v) is 2.05. The van der Waals surface area contributed by atoms with E-state index in [9.17, 15) is 0 Å². The molecule has 0 heterocycles. The van der Waals surface area contributed by atoms with Gasteiger partial charge < -0.3 is 10.3 Å². The van der Waals surface area contributed by atoms with E-state index in [2.05, 4.69) is 5.48 Å². The minimum Gasteiger partial charge on any atom is -0.396 e. The Kier molecular flexibility index (Phi) is 20.2. The fraction of sp³-hybridized carbons (Fsp3) is 1.00. The van der Waals surface area contributed by atoms with E-state index in [0.29, 0.717) is 6.54 Å². The van der Waals surface area contributed by atoms with Crippen molar-refractivity contribution >= 4 is 0 Å². The average Bonchev–Trinajstić information content (AvgIpc) is 2.08. The molecule has 0 saturated carbocycles. The highest BCUT2D eigenvalue weighted by molar-refractivity contribution is 4.41. The lowest BCUT2D eigenvalue weighted by Gasteiger charge is -1.96. The molecule has 3 nitrogen and oxygen atoms in total. The van der Waals surface area contributed by atoms with E-state index >= 15 is 0 Å². The van der Waals surface area contributed by atoms with Crippen LogP contribution < -0.4 is 5.48 Å². The molecular formula is C8H23NO2. The van der Waals surface area contributed by atoms with E-state index in [1.807, 2.05) is 13.8 Å². The van der Waals surface area contributed by atoms with Gasteiger partial charge in [0.1, 0.15) is 0 Å². The predicted molar refractivity (Wildman–Crippen MR) is 48.8 cm³/mol. The third-order valence-electron chi connectivity index (χ3n) is 1.20. The van der Waals surface area contributed by atoms with Gasteiger partial charge in [-0.2, -0.15) is 0 Å². The molecule has 0 aliphatic carbocycles. The van der Waals surface area contributed by atoms with Gasteiger partial charge in [-0.15, -0.1) is 0 Å². The summed E-state index contributed by atoms with van der Waals surface area (Å²) >= 11 is 0. The first-order valence-corrected chi connectivity index (χ1v) is 4.39. The predicted octanol–water partition coefficient (Wildman–Crippen LogP) is 1.79. The van der Waals surface area contributed by atoms with E-state index in [0.717, 1.165) is 25.7 Å².